The maximum Gasteiger partial charge on any atom is 0.246 e. The molecule has 1 aliphatic heterocycles. The van der Waals surface area contributed by atoms with Gasteiger partial charge in [0.25, 0.3) is 0 Å². The van der Waals surface area contributed by atoms with Crippen LogP contribution in [0.25, 0.3) is 6.08 Å². The van der Waals surface area contributed by atoms with Gasteiger partial charge in [-0.2, -0.15) is 0 Å². The van der Waals surface area contributed by atoms with Crippen molar-refractivity contribution in [1.29, 1.82) is 0 Å². The molecular weight excluding hydrogens is 286 g/mol. The molecule has 2 aromatic heterocycles. The minimum Gasteiger partial charge on any atom is -0.471 e. The van der Waals surface area contributed by atoms with E-state index in [9.17, 15) is 4.79 Å². The number of likely N-dealkylation sites (tertiary alicyclic amines) is 1. The summed E-state index contributed by atoms with van der Waals surface area (Å²) < 4.78 is 5.72. The van der Waals surface area contributed by atoms with E-state index in [4.69, 9.17) is 4.74 Å². The third kappa shape index (κ3) is 3.66. The fraction of sp³-hybridized carbons (Fsp3) is 0.267. The maximum atomic E-state index is 12.1. The van der Waals surface area contributed by atoms with Crippen molar-refractivity contribution in [2.45, 2.75) is 12.5 Å². The summed E-state index contributed by atoms with van der Waals surface area (Å²) in [6.45, 7) is 1.29. The van der Waals surface area contributed by atoms with Crippen LogP contribution in [-0.2, 0) is 4.79 Å². The number of ether oxygens (including phenoxy) is 1. The van der Waals surface area contributed by atoms with E-state index in [0.29, 0.717) is 19.0 Å². The Morgan fingerprint density at radius 1 is 1.48 bits per heavy atom. The third-order valence-electron chi connectivity index (χ3n) is 3.22. The quantitative estimate of drug-likeness (QED) is 0.813. The minimum absolute atomic E-state index is 0.0132. The van der Waals surface area contributed by atoms with Crippen molar-refractivity contribution in [3.63, 3.8) is 0 Å². The average Bonchev–Trinajstić information content (AvgIpc) is 3.17. The van der Waals surface area contributed by atoms with E-state index in [0.717, 1.165) is 11.3 Å². The topological polar surface area (TPSA) is 55.3 Å². The molecule has 0 N–H and O–H groups in total. The Kier molecular flexibility index (Phi) is 4.25. The van der Waals surface area contributed by atoms with Gasteiger partial charge < -0.3 is 9.64 Å². The molecule has 0 aliphatic carbocycles. The Balaban J connectivity index is 1.53. The van der Waals surface area contributed by atoms with Crippen LogP contribution in [0.3, 0.4) is 0 Å². The summed E-state index contributed by atoms with van der Waals surface area (Å²) >= 11 is 1.61. The van der Waals surface area contributed by atoms with Crippen LogP contribution in [0.4, 0.5) is 0 Å². The van der Waals surface area contributed by atoms with Crippen LogP contribution in [0, 0.1) is 0 Å². The normalized spacial score (nSPS) is 18.3. The van der Waals surface area contributed by atoms with Crippen LogP contribution < -0.4 is 4.74 Å². The number of rotatable bonds is 4. The first kappa shape index (κ1) is 13.8. The molecule has 0 radical (unpaired) electrons. The molecule has 5 nitrogen and oxygen atoms in total. The number of carbonyl (C=O) groups excluding carboxylic acids is 1. The second kappa shape index (κ2) is 6.49. The fourth-order valence-corrected chi connectivity index (χ4v) is 2.80. The van der Waals surface area contributed by atoms with Gasteiger partial charge in [0.1, 0.15) is 6.10 Å². The van der Waals surface area contributed by atoms with Crippen LogP contribution in [-0.4, -0.2) is 40.0 Å². The zero-order chi connectivity index (χ0) is 14.5. The van der Waals surface area contributed by atoms with Gasteiger partial charge in [-0.15, -0.1) is 11.3 Å². The SMILES string of the molecule is O=C(/C=C/c1cccs1)N1CCC(Oc2cnccn2)C1. The first-order valence-electron chi connectivity index (χ1n) is 6.74. The van der Waals surface area contributed by atoms with E-state index in [1.54, 1.807) is 40.9 Å². The number of carbonyl (C=O) groups is 1. The van der Waals surface area contributed by atoms with Gasteiger partial charge in [-0.1, -0.05) is 6.07 Å². The largest absolute Gasteiger partial charge is 0.471 e. The van der Waals surface area contributed by atoms with Gasteiger partial charge in [0, 0.05) is 36.3 Å². The lowest BCUT2D eigenvalue weighted by atomic mass is 10.3. The smallest absolute Gasteiger partial charge is 0.246 e. The summed E-state index contributed by atoms with van der Waals surface area (Å²) in [5, 5.41) is 1.99. The van der Waals surface area contributed by atoms with Crippen molar-refractivity contribution in [3.05, 3.63) is 47.1 Å². The Labute approximate surface area is 126 Å². The van der Waals surface area contributed by atoms with Crippen molar-refractivity contribution in [2.24, 2.45) is 0 Å². The van der Waals surface area contributed by atoms with E-state index in [1.807, 2.05) is 23.6 Å². The minimum atomic E-state index is -0.0132. The lowest BCUT2D eigenvalue weighted by Crippen LogP contribution is -2.29. The maximum absolute atomic E-state index is 12.1. The second-order valence-corrected chi connectivity index (χ2v) is 5.68. The van der Waals surface area contributed by atoms with Crippen molar-refractivity contribution >= 4 is 23.3 Å². The molecule has 6 heteroatoms. The molecule has 3 heterocycles. The summed E-state index contributed by atoms with van der Waals surface area (Å²) in [4.78, 5) is 23.0. The lowest BCUT2D eigenvalue weighted by molar-refractivity contribution is -0.125. The van der Waals surface area contributed by atoms with Crippen molar-refractivity contribution in [3.8, 4) is 5.88 Å². The highest BCUT2D eigenvalue weighted by Crippen LogP contribution is 2.16. The van der Waals surface area contributed by atoms with Crippen LogP contribution in [0.15, 0.2) is 42.2 Å². The second-order valence-electron chi connectivity index (χ2n) is 4.71. The summed E-state index contributed by atoms with van der Waals surface area (Å²) in [6, 6.07) is 3.95. The lowest BCUT2D eigenvalue weighted by Gasteiger charge is -2.14. The highest BCUT2D eigenvalue weighted by Gasteiger charge is 2.26. The number of hydrogen-bond donors (Lipinski definition) is 0. The van der Waals surface area contributed by atoms with Gasteiger partial charge in [0.05, 0.1) is 12.7 Å². The number of hydrogen-bond acceptors (Lipinski definition) is 5. The van der Waals surface area contributed by atoms with Crippen molar-refractivity contribution in [1.82, 2.24) is 14.9 Å². The molecule has 1 fully saturated rings. The van der Waals surface area contributed by atoms with Gasteiger partial charge in [0.15, 0.2) is 0 Å². The molecule has 0 saturated carbocycles. The van der Waals surface area contributed by atoms with Crippen molar-refractivity contribution < 1.29 is 9.53 Å². The number of nitrogens with zero attached hydrogens (tertiary/aromatic N) is 3. The summed E-state index contributed by atoms with van der Waals surface area (Å²) in [5.41, 5.74) is 0. The number of aromatic nitrogens is 2. The molecule has 3 rings (SSSR count). The Morgan fingerprint density at radius 3 is 3.19 bits per heavy atom. The van der Waals surface area contributed by atoms with Crippen LogP contribution in [0.2, 0.25) is 0 Å². The first-order chi connectivity index (χ1) is 10.3. The highest BCUT2D eigenvalue weighted by molar-refractivity contribution is 7.10. The highest BCUT2D eigenvalue weighted by atomic mass is 32.1. The molecule has 1 atom stereocenters. The molecule has 0 bridgehead atoms. The standard InChI is InChI=1S/C15H15N3O2S/c19-15(4-3-13-2-1-9-21-13)18-8-5-12(11-18)20-14-10-16-6-7-17-14/h1-4,6-7,9-10,12H,5,8,11H2/b4-3+. The predicted molar refractivity (Wildman–Crippen MR) is 81.0 cm³/mol. The predicted octanol–water partition coefficient (Wildman–Crippen LogP) is 2.23. The van der Waals surface area contributed by atoms with Gasteiger partial charge in [-0.05, 0) is 17.5 Å². The molecule has 1 unspecified atom stereocenters. The van der Waals surface area contributed by atoms with Crippen LogP contribution in [0.1, 0.15) is 11.3 Å². The Morgan fingerprint density at radius 2 is 2.43 bits per heavy atom. The monoisotopic (exact) mass is 301 g/mol. The fourth-order valence-electron chi connectivity index (χ4n) is 2.19. The summed E-state index contributed by atoms with van der Waals surface area (Å²) in [5.74, 6) is 0.527. The molecule has 1 amide bonds. The molecule has 1 aliphatic rings. The average molecular weight is 301 g/mol. The van der Waals surface area contributed by atoms with E-state index < -0.39 is 0 Å². The van der Waals surface area contributed by atoms with Gasteiger partial charge >= 0.3 is 0 Å². The zero-order valence-corrected chi connectivity index (χ0v) is 12.2. The number of thiophene rings is 1. The molecule has 2 aromatic rings. The summed E-state index contributed by atoms with van der Waals surface area (Å²) in [6.07, 6.45) is 9.06. The third-order valence-corrected chi connectivity index (χ3v) is 4.05. The van der Waals surface area contributed by atoms with E-state index in [-0.39, 0.29) is 12.0 Å². The van der Waals surface area contributed by atoms with Crippen molar-refractivity contribution in [2.75, 3.05) is 13.1 Å². The molecule has 0 aromatic carbocycles. The van der Waals surface area contributed by atoms with Gasteiger partial charge in [0.2, 0.25) is 11.8 Å². The van der Waals surface area contributed by atoms with Gasteiger partial charge in [-0.25, -0.2) is 4.98 Å². The van der Waals surface area contributed by atoms with E-state index in [2.05, 4.69) is 9.97 Å². The number of amides is 1. The zero-order valence-electron chi connectivity index (χ0n) is 11.4. The molecular formula is C15H15N3O2S. The Hall–Kier alpha value is -2.21. The molecule has 21 heavy (non-hydrogen) atoms. The van der Waals surface area contributed by atoms with Gasteiger partial charge in [-0.3, -0.25) is 9.78 Å². The Bertz CT molecular complexity index is 613. The molecule has 1 saturated heterocycles. The van der Waals surface area contributed by atoms with E-state index >= 15 is 0 Å². The van der Waals surface area contributed by atoms with Crippen LogP contribution >= 0.6 is 11.3 Å². The summed E-state index contributed by atoms with van der Waals surface area (Å²) in [7, 11) is 0. The first-order valence-corrected chi connectivity index (χ1v) is 7.62. The molecule has 0 spiro atoms. The van der Waals surface area contributed by atoms with E-state index in [1.165, 1.54) is 0 Å². The van der Waals surface area contributed by atoms with Crippen LogP contribution in [0.5, 0.6) is 5.88 Å². The molecule has 108 valence electrons.